The van der Waals surface area contributed by atoms with Crippen LogP contribution in [0.3, 0.4) is 0 Å². The van der Waals surface area contributed by atoms with Crippen LogP contribution in [0.1, 0.15) is 17.5 Å². The molecule has 3 N–H and O–H groups in total. The number of rotatable bonds is 6. The molecule has 0 aliphatic rings. The molecule has 0 saturated carbocycles. The van der Waals surface area contributed by atoms with Crippen LogP contribution in [0.25, 0.3) is 0 Å². The summed E-state index contributed by atoms with van der Waals surface area (Å²) in [7, 11) is 1.27. The average molecular weight is 287 g/mol. The number of nitrogens with zero attached hydrogens (tertiary/aromatic N) is 1. The number of ether oxygens (including phenoxy) is 1. The van der Waals surface area contributed by atoms with Gasteiger partial charge in [-0.05, 0) is 13.3 Å². The number of carbonyl (C=O) groups is 2. The van der Waals surface area contributed by atoms with Gasteiger partial charge < -0.3 is 15.2 Å². The molecule has 0 fully saturated rings. The number of aromatic nitrogens is 1. The normalized spacial score (nSPS) is 11.9. The summed E-state index contributed by atoms with van der Waals surface area (Å²) in [5.74, 6) is -1.12. The molecule has 1 unspecified atom stereocenters. The van der Waals surface area contributed by atoms with Crippen LogP contribution in [0.4, 0.5) is 9.93 Å². The van der Waals surface area contributed by atoms with E-state index in [1.807, 2.05) is 13.8 Å². The van der Waals surface area contributed by atoms with Gasteiger partial charge in [-0.1, -0.05) is 6.92 Å². The van der Waals surface area contributed by atoms with Crippen LogP contribution in [0, 0.1) is 6.92 Å². The number of aliphatic carboxylic acids is 1. The zero-order valence-electron chi connectivity index (χ0n) is 11.0. The van der Waals surface area contributed by atoms with Crippen LogP contribution >= 0.6 is 11.3 Å². The van der Waals surface area contributed by atoms with Crippen molar-refractivity contribution in [1.29, 1.82) is 0 Å². The number of thiazole rings is 1. The highest BCUT2D eigenvalue weighted by Gasteiger charge is 2.17. The highest BCUT2D eigenvalue weighted by molar-refractivity contribution is 7.15. The van der Waals surface area contributed by atoms with Gasteiger partial charge in [0.2, 0.25) is 0 Å². The monoisotopic (exact) mass is 287 g/mol. The predicted molar refractivity (Wildman–Crippen MR) is 71.7 cm³/mol. The Kier molecular flexibility index (Phi) is 5.71. The molecule has 1 rings (SSSR count). The maximum atomic E-state index is 11.6. The van der Waals surface area contributed by atoms with Gasteiger partial charge in [0, 0.05) is 12.0 Å². The Balaban J connectivity index is 2.48. The Labute approximate surface area is 115 Å². The standard InChI is InChI=1S/C11H17N3O4S/c1-4-7-6(2)19-11(13-7)14-10(17)12-5-8(18-3)9(15)16/h8H,4-5H2,1-3H3,(H,15,16)(H2,12,13,14,17). The fraction of sp³-hybridized carbons (Fsp3) is 0.545. The van der Waals surface area contributed by atoms with Crippen molar-refractivity contribution in [1.82, 2.24) is 10.3 Å². The third-order valence-electron chi connectivity index (χ3n) is 2.46. The molecule has 0 radical (unpaired) electrons. The first-order valence-electron chi connectivity index (χ1n) is 5.74. The van der Waals surface area contributed by atoms with Crippen LogP contribution in [-0.2, 0) is 16.0 Å². The second-order valence-corrected chi connectivity index (χ2v) is 4.98. The number of anilines is 1. The van der Waals surface area contributed by atoms with Crippen molar-refractivity contribution in [3.63, 3.8) is 0 Å². The van der Waals surface area contributed by atoms with E-state index in [9.17, 15) is 9.59 Å². The van der Waals surface area contributed by atoms with Gasteiger partial charge in [-0.3, -0.25) is 5.32 Å². The van der Waals surface area contributed by atoms with E-state index in [2.05, 4.69) is 15.6 Å². The minimum atomic E-state index is -1.12. The number of carboxylic acids is 1. The van der Waals surface area contributed by atoms with E-state index in [-0.39, 0.29) is 6.54 Å². The van der Waals surface area contributed by atoms with Crippen LogP contribution in [0.2, 0.25) is 0 Å². The van der Waals surface area contributed by atoms with E-state index in [0.717, 1.165) is 17.0 Å². The Morgan fingerprint density at radius 1 is 1.53 bits per heavy atom. The third kappa shape index (κ3) is 4.49. The molecule has 2 amide bonds. The lowest BCUT2D eigenvalue weighted by Crippen LogP contribution is -2.39. The van der Waals surface area contributed by atoms with E-state index >= 15 is 0 Å². The molecule has 1 aromatic heterocycles. The van der Waals surface area contributed by atoms with Gasteiger partial charge in [-0.15, -0.1) is 11.3 Å². The Morgan fingerprint density at radius 3 is 2.68 bits per heavy atom. The first kappa shape index (κ1) is 15.4. The maximum absolute atomic E-state index is 11.6. The molecular weight excluding hydrogens is 270 g/mol. The SMILES string of the molecule is CCc1nc(NC(=O)NCC(OC)C(=O)O)sc1C. The number of carboxylic acid groups (broad SMARTS) is 1. The smallest absolute Gasteiger partial charge is 0.334 e. The molecule has 7 nitrogen and oxygen atoms in total. The van der Waals surface area contributed by atoms with Crippen molar-refractivity contribution in [2.24, 2.45) is 0 Å². The van der Waals surface area contributed by atoms with Crippen molar-refractivity contribution in [3.8, 4) is 0 Å². The lowest BCUT2D eigenvalue weighted by Gasteiger charge is -2.11. The van der Waals surface area contributed by atoms with Gasteiger partial charge in [-0.2, -0.15) is 0 Å². The molecule has 1 heterocycles. The van der Waals surface area contributed by atoms with E-state index in [1.54, 1.807) is 0 Å². The summed E-state index contributed by atoms with van der Waals surface area (Å²) in [5, 5.41) is 14.2. The minimum Gasteiger partial charge on any atom is -0.479 e. The molecule has 0 aliphatic heterocycles. The molecule has 8 heteroatoms. The summed E-state index contributed by atoms with van der Waals surface area (Å²) in [4.78, 5) is 27.5. The largest absolute Gasteiger partial charge is 0.479 e. The average Bonchev–Trinajstić information content (AvgIpc) is 2.69. The summed E-state index contributed by atoms with van der Waals surface area (Å²) in [6.45, 7) is 3.82. The summed E-state index contributed by atoms with van der Waals surface area (Å²) in [6, 6.07) is -0.500. The zero-order chi connectivity index (χ0) is 14.4. The fourth-order valence-electron chi connectivity index (χ4n) is 1.41. The number of aryl methyl sites for hydroxylation is 2. The molecule has 0 bridgehead atoms. The number of hydrogen-bond donors (Lipinski definition) is 3. The van der Waals surface area contributed by atoms with Gasteiger partial charge in [0.15, 0.2) is 11.2 Å². The maximum Gasteiger partial charge on any atom is 0.334 e. The molecule has 0 saturated heterocycles. The summed E-state index contributed by atoms with van der Waals surface area (Å²) in [6.07, 6.45) is -0.258. The third-order valence-corrected chi connectivity index (χ3v) is 3.38. The fourth-order valence-corrected chi connectivity index (χ4v) is 2.31. The molecule has 106 valence electrons. The summed E-state index contributed by atoms with van der Waals surface area (Å²) < 4.78 is 4.70. The first-order chi connectivity index (χ1) is 8.97. The second-order valence-electron chi connectivity index (χ2n) is 3.77. The van der Waals surface area contributed by atoms with Crippen molar-refractivity contribution < 1.29 is 19.4 Å². The van der Waals surface area contributed by atoms with Crippen LogP contribution < -0.4 is 10.6 Å². The van der Waals surface area contributed by atoms with Gasteiger partial charge in [0.25, 0.3) is 0 Å². The quantitative estimate of drug-likeness (QED) is 0.730. The number of carbonyl (C=O) groups excluding carboxylic acids is 1. The van der Waals surface area contributed by atoms with E-state index in [4.69, 9.17) is 9.84 Å². The number of methoxy groups -OCH3 is 1. The van der Waals surface area contributed by atoms with Gasteiger partial charge in [0.05, 0.1) is 12.2 Å². The first-order valence-corrected chi connectivity index (χ1v) is 6.56. The summed E-state index contributed by atoms with van der Waals surface area (Å²) in [5.41, 5.74) is 0.945. The van der Waals surface area contributed by atoms with Gasteiger partial charge in [0.1, 0.15) is 0 Å². The molecular formula is C11H17N3O4S. The van der Waals surface area contributed by atoms with Crippen molar-refractivity contribution >= 4 is 28.5 Å². The van der Waals surface area contributed by atoms with E-state index in [1.165, 1.54) is 18.4 Å². The molecule has 0 aliphatic carbocycles. The lowest BCUT2D eigenvalue weighted by molar-refractivity contribution is -0.147. The number of urea groups is 1. The van der Waals surface area contributed by atoms with Crippen LogP contribution in [-0.4, -0.2) is 41.8 Å². The Bertz CT molecular complexity index is 461. The molecule has 19 heavy (non-hydrogen) atoms. The highest BCUT2D eigenvalue weighted by Crippen LogP contribution is 2.21. The minimum absolute atomic E-state index is 0.108. The topological polar surface area (TPSA) is 101 Å². The second kappa shape index (κ2) is 7.05. The number of nitrogens with one attached hydrogen (secondary N) is 2. The van der Waals surface area contributed by atoms with Crippen molar-refractivity contribution in [3.05, 3.63) is 10.6 Å². The molecule has 1 atom stereocenters. The molecule has 1 aromatic rings. The molecule has 0 aromatic carbocycles. The zero-order valence-corrected chi connectivity index (χ0v) is 11.8. The lowest BCUT2D eigenvalue weighted by atomic mass is 10.3. The van der Waals surface area contributed by atoms with E-state index in [0.29, 0.717) is 5.13 Å². The highest BCUT2D eigenvalue weighted by atomic mass is 32.1. The predicted octanol–water partition coefficient (Wildman–Crippen LogP) is 1.24. The van der Waals surface area contributed by atoms with Crippen LogP contribution in [0.5, 0.6) is 0 Å². The number of hydrogen-bond acceptors (Lipinski definition) is 5. The molecule has 0 spiro atoms. The van der Waals surface area contributed by atoms with Crippen LogP contribution in [0.15, 0.2) is 0 Å². The van der Waals surface area contributed by atoms with E-state index < -0.39 is 18.1 Å². The number of amides is 2. The van der Waals surface area contributed by atoms with Gasteiger partial charge in [-0.25, -0.2) is 14.6 Å². The summed E-state index contributed by atoms with van der Waals surface area (Å²) >= 11 is 1.38. The van der Waals surface area contributed by atoms with Gasteiger partial charge >= 0.3 is 12.0 Å². The van der Waals surface area contributed by atoms with Crippen molar-refractivity contribution in [2.75, 3.05) is 19.0 Å². The Hall–Kier alpha value is -1.67. The Morgan fingerprint density at radius 2 is 2.21 bits per heavy atom. The van der Waals surface area contributed by atoms with Crippen molar-refractivity contribution in [2.45, 2.75) is 26.4 Å².